The van der Waals surface area contributed by atoms with Crippen LogP contribution >= 0.6 is 0 Å². The van der Waals surface area contributed by atoms with Crippen molar-refractivity contribution in [2.24, 2.45) is 0 Å². The molecule has 0 N–H and O–H groups in total. The maximum absolute atomic E-state index is 12.3. The Bertz CT molecular complexity index is 1200. The highest BCUT2D eigenvalue weighted by atomic mass is 16.1. The molecule has 27 heavy (non-hydrogen) atoms. The number of nitrogens with zero attached hydrogens (tertiary/aromatic N) is 3. The zero-order valence-corrected chi connectivity index (χ0v) is 14.4. The molecule has 0 spiro atoms. The summed E-state index contributed by atoms with van der Waals surface area (Å²) in [7, 11) is 0. The van der Waals surface area contributed by atoms with Gasteiger partial charge in [-0.15, -0.1) is 0 Å². The summed E-state index contributed by atoms with van der Waals surface area (Å²) in [6.45, 7) is 0. The van der Waals surface area contributed by atoms with Gasteiger partial charge in [0, 0.05) is 29.7 Å². The van der Waals surface area contributed by atoms with Crippen molar-refractivity contribution in [1.82, 2.24) is 9.55 Å². The molecular formula is C23H15N3O. The maximum Gasteiger partial charge on any atom is 0.255 e. The molecule has 2 aromatic carbocycles. The molecular weight excluding hydrogens is 334 g/mol. The van der Waals surface area contributed by atoms with E-state index < -0.39 is 0 Å². The molecule has 0 amide bonds. The smallest absolute Gasteiger partial charge is 0.255 e. The lowest BCUT2D eigenvalue weighted by molar-refractivity contribution is 0.991. The Morgan fingerprint density at radius 1 is 0.852 bits per heavy atom. The molecule has 4 nitrogen and oxygen atoms in total. The molecule has 0 aliphatic carbocycles. The van der Waals surface area contributed by atoms with E-state index in [1.54, 1.807) is 29.1 Å². The first-order valence-electron chi connectivity index (χ1n) is 8.50. The lowest BCUT2D eigenvalue weighted by atomic mass is 9.96. The quantitative estimate of drug-likeness (QED) is 0.549. The van der Waals surface area contributed by atoms with Crippen molar-refractivity contribution in [2.45, 2.75) is 0 Å². The van der Waals surface area contributed by atoms with Gasteiger partial charge in [0.15, 0.2) is 0 Å². The molecule has 2 aromatic heterocycles. The highest BCUT2D eigenvalue weighted by molar-refractivity contribution is 5.77. The van der Waals surface area contributed by atoms with E-state index in [9.17, 15) is 10.1 Å². The summed E-state index contributed by atoms with van der Waals surface area (Å²) in [6.07, 6.45) is 3.47. The Balaban J connectivity index is 2.00. The summed E-state index contributed by atoms with van der Waals surface area (Å²) in [5, 5.41) is 9.48. The third-order valence-corrected chi connectivity index (χ3v) is 4.34. The number of nitriles is 1. The normalized spacial score (nSPS) is 10.3. The third kappa shape index (κ3) is 3.26. The minimum Gasteiger partial charge on any atom is -0.284 e. The van der Waals surface area contributed by atoms with Gasteiger partial charge in [0.1, 0.15) is 0 Å². The first-order chi connectivity index (χ1) is 13.3. The summed E-state index contributed by atoms with van der Waals surface area (Å²) in [4.78, 5) is 16.8. The molecule has 0 unspecified atom stereocenters. The van der Waals surface area contributed by atoms with Crippen LogP contribution in [-0.4, -0.2) is 9.55 Å². The van der Waals surface area contributed by atoms with Crippen molar-refractivity contribution in [1.29, 1.82) is 5.26 Å². The van der Waals surface area contributed by atoms with E-state index >= 15 is 0 Å². The van der Waals surface area contributed by atoms with E-state index in [1.165, 1.54) is 6.07 Å². The van der Waals surface area contributed by atoms with Crippen LogP contribution in [0.25, 0.3) is 28.1 Å². The van der Waals surface area contributed by atoms with Crippen molar-refractivity contribution in [3.63, 3.8) is 0 Å². The fourth-order valence-electron chi connectivity index (χ4n) is 3.06. The molecule has 0 aliphatic heterocycles. The first kappa shape index (κ1) is 16.5. The van der Waals surface area contributed by atoms with Crippen LogP contribution < -0.4 is 5.56 Å². The van der Waals surface area contributed by atoms with Crippen LogP contribution in [0.5, 0.6) is 0 Å². The molecule has 0 atom stereocenters. The van der Waals surface area contributed by atoms with Gasteiger partial charge in [0.25, 0.3) is 5.56 Å². The van der Waals surface area contributed by atoms with Crippen LogP contribution in [0, 0.1) is 11.3 Å². The van der Waals surface area contributed by atoms with Crippen molar-refractivity contribution >= 4 is 0 Å². The highest BCUT2D eigenvalue weighted by Crippen LogP contribution is 2.30. The van der Waals surface area contributed by atoms with Gasteiger partial charge < -0.3 is 0 Å². The second-order valence-electron chi connectivity index (χ2n) is 6.05. The summed E-state index contributed by atoms with van der Waals surface area (Å²) in [5.41, 5.74) is 4.57. The van der Waals surface area contributed by atoms with Crippen LogP contribution in [0.2, 0.25) is 0 Å². The fraction of sp³-hybridized carbons (Fsp3) is 0. The Labute approximate surface area is 156 Å². The molecule has 0 bridgehead atoms. The van der Waals surface area contributed by atoms with E-state index in [-0.39, 0.29) is 5.56 Å². The second-order valence-corrected chi connectivity index (χ2v) is 6.05. The molecule has 4 heteroatoms. The van der Waals surface area contributed by atoms with Crippen LogP contribution in [0.1, 0.15) is 5.56 Å². The van der Waals surface area contributed by atoms with Gasteiger partial charge in [0.05, 0.1) is 17.3 Å². The largest absolute Gasteiger partial charge is 0.284 e. The number of aromatic nitrogens is 2. The lowest BCUT2D eigenvalue weighted by Gasteiger charge is -2.12. The van der Waals surface area contributed by atoms with E-state index in [2.05, 4.69) is 11.1 Å². The van der Waals surface area contributed by atoms with Crippen LogP contribution in [0.4, 0.5) is 0 Å². The molecule has 0 aliphatic rings. The van der Waals surface area contributed by atoms with Crippen LogP contribution in [0.15, 0.2) is 96.1 Å². The zero-order valence-electron chi connectivity index (χ0n) is 14.4. The molecule has 128 valence electrons. The Morgan fingerprint density at radius 3 is 2.41 bits per heavy atom. The number of hydrogen-bond acceptors (Lipinski definition) is 3. The van der Waals surface area contributed by atoms with E-state index in [1.807, 2.05) is 60.7 Å². The van der Waals surface area contributed by atoms with Crippen molar-refractivity contribution < 1.29 is 0 Å². The Kier molecular flexibility index (Phi) is 4.34. The third-order valence-electron chi connectivity index (χ3n) is 4.34. The minimum absolute atomic E-state index is 0.116. The summed E-state index contributed by atoms with van der Waals surface area (Å²) in [6, 6.07) is 26.3. The molecule has 2 heterocycles. The van der Waals surface area contributed by atoms with Crippen molar-refractivity contribution in [3.8, 4) is 34.1 Å². The summed E-state index contributed by atoms with van der Waals surface area (Å²) < 4.78 is 1.59. The van der Waals surface area contributed by atoms with Gasteiger partial charge in [0.2, 0.25) is 0 Å². The van der Waals surface area contributed by atoms with E-state index in [0.717, 1.165) is 28.1 Å². The highest BCUT2D eigenvalue weighted by Gasteiger charge is 2.10. The standard InChI is InChI=1S/C23H15N3O/c24-16-17-7-1-2-8-21(17)18-13-19(22-9-3-5-11-25-22)15-20(14-18)26-12-6-4-10-23(26)27/h1-15H. The van der Waals surface area contributed by atoms with E-state index in [4.69, 9.17) is 0 Å². The molecule has 0 saturated carbocycles. The Hall–Kier alpha value is -3.97. The van der Waals surface area contributed by atoms with Gasteiger partial charge in [-0.25, -0.2) is 0 Å². The summed E-state index contributed by atoms with van der Waals surface area (Å²) in [5.74, 6) is 0. The molecule has 4 rings (SSSR count). The number of pyridine rings is 2. The van der Waals surface area contributed by atoms with Crippen LogP contribution in [-0.2, 0) is 0 Å². The minimum atomic E-state index is -0.116. The van der Waals surface area contributed by atoms with E-state index in [0.29, 0.717) is 5.56 Å². The SMILES string of the molecule is N#Cc1ccccc1-c1cc(-c2ccccn2)cc(-n2ccccc2=O)c1. The number of hydrogen-bond donors (Lipinski definition) is 0. The molecule has 0 radical (unpaired) electrons. The number of benzene rings is 2. The van der Waals surface area contributed by atoms with Gasteiger partial charge in [-0.3, -0.25) is 14.3 Å². The average molecular weight is 349 g/mol. The maximum atomic E-state index is 12.3. The van der Waals surface area contributed by atoms with Crippen LogP contribution in [0.3, 0.4) is 0 Å². The average Bonchev–Trinajstić information content (AvgIpc) is 2.74. The number of rotatable bonds is 3. The fourth-order valence-corrected chi connectivity index (χ4v) is 3.06. The van der Waals surface area contributed by atoms with Gasteiger partial charge in [-0.1, -0.05) is 30.3 Å². The van der Waals surface area contributed by atoms with Crippen molar-refractivity contribution in [3.05, 3.63) is 107 Å². The summed E-state index contributed by atoms with van der Waals surface area (Å²) >= 11 is 0. The second kappa shape index (κ2) is 7.11. The lowest BCUT2D eigenvalue weighted by Crippen LogP contribution is -2.15. The molecule has 4 aromatic rings. The predicted octanol–water partition coefficient (Wildman–Crippen LogP) is 4.44. The van der Waals surface area contributed by atoms with Gasteiger partial charge >= 0.3 is 0 Å². The predicted molar refractivity (Wildman–Crippen MR) is 105 cm³/mol. The first-order valence-corrected chi connectivity index (χ1v) is 8.50. The van der Waals surface area contributed by atoms with Crippen molar-refractivity contribution in [2.75, 3.05) is 0 Å². The Morgan fingerprint density at radius 2 is 1.63 bits per heavy atom. The topological polar surface area (TPSA) is 58.7 Å². The zero-order chi connectivity index (χ0) is 18.6. The molecule has 0 fully saturated rings. The monoisotopic (exact) mass is 349 g/mol. The van der Waals surface area contributed by atoms with Gasteiger partial charge in [-0.05, 0) is 53.6 Å². The van der Waals surface area contributed by atoms with Gasteiger partial charge in [-0.2, -0.15) is 5.26 Å². The molecule has 0 saturated heterocycles.